The molecule has 0 spiro atoms. The van der Waals surface area contributed by atoms with Crippen molar-refractivity contribution in [2.45, 2.75) is 13.0 Å². The standard InChI is InChI=1S/C29H28ClN5O2/c1-19-23(11-7-13-31-19)33-26-15-27-29(16-25(26)32-17-22(37-3)18-36-2)35(21-9-6-8-20(30)14-21)28-12-5-4-10-24(28)34-27/h4-16,22,33H,17-18H2,1-3H3/b32-25+. The highest BCUT2D eigenvalue weighted by atomic mass is 35.5. The van der Waals surface area contributed by atoms with Gasteiger partial charge in [0.25, 0.3) is 0 Å². The maximum absolute atomic E-state index is 6.40. The molecular formula is C29H28ClN5O2. The number of rotatable bonds is 8. The van der Waals surface area contributed by atoms with E-state index < -0.39 is 0 Å². The van der Waals surface area contributed by atoms with Crippen LogP contribution in [0.15, 0.2) is 84.0 Å². The van der Waals surface area contributed by atoms with Gasteiger partial charge in [0.1, 0.15) is 0 Å². The summed E-state index contributed by atoms with van der Waals surface area (Å²) >= 11 is 6.40. The fourth-order valence-electron chi connectivity index (χ4n) is 4.31. The number of halogens is 1. The lowest BCUT2D eigenvalue weighted by molar-refractivity contribution is 0.0340. The molecule has 1 aromatic heterocycles. The number of benzene rings is 3. The Balaban J connectivity index is 1.78. The molecule has 1 aliphatic heterocycles. The number of aromatic nitrogens is 3. The zero-order chi connectivity index (χ0) is 25.8. The molecule has 0 amide bonds. The van der Waals surface area contributed by atoms with Crippen molar-refractivity contribution in [2.75, 3.05) is 32.7 Å². The minimum Gasteiger partial charge on any atom is -0.382 e. The second-order valence-corrected chi connectivity index (χ2v) is 9.13. The zero-order valence-corrected chi connectivity index (χ0v) is 21.7. The average Bonchev–Trinajstić information content (AvgIpc) is 2.91. The smallest absolute Gasteiger partial charge is 0.0999 e. The molecule has 1 N–H and O–H groups in total. The summed E-state index contributed by atoms with van der Waals surface area (Å²) in [6.07, 6.45) is 1.62. The lowest BCUT2D eigenvalue weighted by Gasteiger charge is -2.21. The van der Waals surface area contributed by atoms with Gasteiger partial charge in [0, 0.05) is 31.1 Å². The van der Waals surface area contributed by atoms with Gasteiger partial charge in [0.05, 0.1) is 64.1 Å². The van der Waals surface area contributed by atoms with Gasteiger partial charge < -0.3 is 19.4 Å². The molecule has 0 saturated carbocycles. The van der Waals surface area contributed by atoms with E-state index in [2.05, 4.69) is 27.0 Å². The molecule has 7 nitrogen and oxygen atoms in total. The third-order valence-electron chi connectivity index (χ3n) is 6.19. The molecule has 0 saturated heterocycles. The van der Waals surface area contributed by atoms with E-state index in [1.54, 1.807) is 20.4 Å². The number of anilines is 2. The van der Waals surface area contributed by atoms with Gasteiger partial charge in [-0.15, -0.1) is 0 Å². The third-order valence-corrected chi connectivity index (χ3v) is 6.43. The van der Waals surface area contributed by atoms with E-state index in [1.165, 1.54) is 0 Å². The number of hydrogen-bond donors (Lipinski definition) is 1. The first-order valence-electron chi connectivity index (χ1n) is 12.0. The van der Waals surface area contributed by atoms with Crippen LogP contribution in [0.2, 0.25) is 5.02 Å². The molecule has 1 atom stereocenters. The van der Waals surface area contributed by atoms with Crippen LogP contribution < -0.4 is 10.7 Å². The molecule has 2 aliphatic rings. The van der Waals surface area contributed by atoms with Gasteiger partial charge in [-0.2, -0.15) is 0 Å². The van der Waals surface area contributed by atoms with Crippen molar-refractivity contribution in [2.24, 2.45) is 4.99 Å². The summed E-state index contributed by atoms with van der Waals surface area (Å²) in [6, 6.07) is 23.9. The van der Waals surface area contributed by atoms with E-state index in [0.717, 1.165) is 50.5 Å². The van der Waals surface area contributed by atoms with Crippen LogP contribution in [0.25, 0.3) is 28.1 Å². The second-order valence-electron chi connectivity index (χ2n) is 8.69. The first-order chi connectivity index (χ1) is 18.1. The van der Waals surface area contributed by atoms with Crippen LogP contribution in [0.4, 0.5) is 11.4 Å². The van der Waals surface area contributed by atoms with Crippen molar-refractivity contribution < 1.29 is 9.47 Å². The molecule has 0 bridgehead atoms. The maximum Gasteiger partial charge on any atom is 0.0999 e. The van der Waals surface area contributed by atoms with Gasteiger partial charge in [-0.25, -0.2) is 4.98 Å². The van der Waals surface area contributed by atoms with Gasteiger partial charge in [0.15, 0.2) is 0 Å². The van der Waals surface area contributed by atoms with Gasteiger partial charge in [-0.1, -0.05) is 29.8 Å². The van der Waals surface area contributed by atoms with Crippen LogP contribution in [-0.2, 0) is 9.47 Å². The summed E-state index contributed by atoms with van der Waals surface area (Å²) in [5.74, 6) is 0. The number of hydrogen-bond acceptors (Lipinski definition) is 6. The Morgan fingerprint density at radius 3 is 2.65 bits per heavy atom. The fraction of sp³-hybridized carbons (Fsp3) is 0.207. The highest BCUT2D eigenvalue weighted by molar-refractivity contribution is 6.30. The summed E-state index contributed by atoms with van der Waals surface area (Å²) in [6.45, 7) is 2.86. The molecule has 2 heterocycles. The zero-order valence-electron chi connectivity index (χ0n) is 21.0. The largest absolute Gasteiger partial charge is 0.382 e. The first kappa shape index (κ1) is 24.9. The molecular weight excluding hydrogens is 486 g/mol. The minimum atomic E-state index is -0.163. The van der Waals surface area contributed by atoms with E-state index in [1.807, 2.05) is 67.6 Å². The molecule has 0 fully saturated rings. The number of fused-ring (bicyclic) bond motifs is 2. The molecule has 1 unspecified atom stereocenters. The lowest BCUT2D eigenvalue weighted by atomic mass is 10.1. The van der Waals surface area contributed by atoms with Crippen LogP contribution in [0.5, 0.6) is 0 Å². The third kappa shape index (κ3) is 5.34. The summed E-state index contributed by atoms with van der Waals surface area (Å²) in [4.78, 5) is 14.4. The Labute approximate surface area is 220 Å². The molecule has 2 aromatic carbocycles. The van der Waals surface area contributed by atoms with E-state index in [9.17, 15) is 0 Å². The highest BCUT2D eigenvalue weighted by Gasteiger charge is 2.17. The van der Waals surface area contributed by atoms with Crippen LogP contribution in [-0.4, -0.2) is 48.0 Å². The Kier molecular flexibility index (Phi) is 7.46. The molecule has 3 aromatic rings. The first-order valence-corrected chi connectivity index (χ1v) is 12.4. The van der Waals surface area contributed by atoms with Gasteiger partial charge >= 0.3 is 0 Å². The molecule has 37 heavy (non-hydrogen) atoms. The Bertz CT molecular complexity index is 1580. The summed E-state index contributed by atoms with van der Waals surface area (Å²) in [5.41, 5.74) is 7.15. The second kappa shape index (κ2) is 11.1. The van der Waals surface area contributed by atoms with Crippen molar-refractivity contribution in [1.29, 1.82) is 0 Å². The van der Waals surface area contributed by atoms with E-state index in [-0.39, 0.29) is 6.10 Å². The van der Waals surface area contributed by atoms with Crippen LogP contribution in [0, 0.1) is 6.92 Å². The highest BCUT2D eigenvalue weighted by Crippen LogP contribution is 2.31. The molecule has 188 valence electrons. The van der Waals surface area contributed by atoms with E-state index in [4.69, 9.17) is 31.1 Å². The van der Waals surface area contributed by atoms with Crippen LogP contribution in [0.1, 0.15) is 5.69 Å². The van der Waals surface area contributed by atoms with Crippen molar-refractivity contribution in [1.82, 2.24) is 14.5 Å². The van der Waals surface area contributed by atoms with Crippen LogP contribution in [0.3, 0.4) is 0 Å². The number of ether oxygens (including phenoxy) is 2. The Morgan fingerprint density at radius 1 is 1.00 bits per heavy atom. The van der Waals surface area contributed by atoms with E-state index >= 15 is 0 Å². The van der Waals surface area contributed by atoms with Crippen molar-refractivity contribution in [3.63, 3.8) is 0 Å². The molecule has 0 radical (unpaired) electrons. The molecule has 8 heteroatoms. The van der Waals surface area contributed by atoms with Gasteiger partial charge in [0.2, 0.25) is 0 Å². The lowest BCUT2D eigenvalue weighted by Crippen LogP contribution is -2.23. The monoisotopic (exact) mass is 513 g/mol. The summed E-state index contributed by atoms with van der Waals surface area (Å²) in [7, 11) is 3.33. The number of para-hydroxylation sites is 2. The summed E-state index contributed by atoms with van der Waals surface area (Å²) in [5, 5.41) is 4.97. The molecule has 5 rings (SSSR count). The van der Waals surface area contributed by atoms with Gasteiger partial charge in [-0.05, 0) is 61.5 Å². The topological polar surface area (TPSA) is 73.6 Å². The van der Waals surface area contributed by atoms with Crippen LogP contribution >= 0.6 is 11.6 Å². The number of pyridine rings is 1. The SMILES string of the molecule is COCC(C/N=c1\cc2n(-c3cccc(Cl)c3)c3ccccc3nc-2cc1Nc1cccnc1C)OC. The predicted molar refractivity (Wildman–Crippen MR) is 148 cm³/mol. The van der Waals surface area contributed by atoms with Crippen molar-refractivity contribution in [3.05, 3.63) is 95.1 Å². The minimum absolute atomic E-state index is 0.163. The number of nitrogens with one attached hydrogen (secondary N) is 1. The normalized spacial score (nSPS) is 12.8. The quantitative estimate of drug-likeness (QED) is 0.266. The average molecular weight is 514 g/mol. The van der Waals surface area contributed by atoms with Crippen molar-refractivity contribution in [3.8, 4) is 17.1 Å². The Morgan fingerprint density at radius 2 is 1.86 bits per heavy atom. The maximum atomic E-state index is 6.40. The number of nitrogens with zero attached hydrogens (tertiary/aromatic N) is 4. The number of methoxy groups -OCH3 is 2. The van der Waals surface area contributed by atoms with E-state index in [0.29, 0.717) is 18.2 Å². The predicted octanol–water partition coefficient (Wildman–Crippen LogP) is 5.79. The fourth-order valence-corrected chi connectivity index (χ4v) is 4.49. The molecule has 1 aliphatic carbocycles. The van der Waals surface area contributed by atoms with Crippen molar-refractivity contribution >= 4 is 34.0 Å². The summed E-state index contributed by atoms with van der Waals surface area (Å²) < 4.78 is 13.0. The Hall–Kier alpha value is -3.78. The number of aryl methyl sites for hydroxylation is 1. The van der Waals surface area contributed by atoms with Gasteiger partial charge in [-0.3, -0.25) is 9.98 Å².